The Bertz CT molecular complexity index is 95.4. The van der Waals surface area contributed by atoms with E-state index in [1.54, 1.807) is 0 Å². The van der Waals surface area contributed by atoms with Crippen molar-refractivity contribution in [2.24, 2.45) is 11.8 Å². The van der Waals surface area contributed by atoms with E-state index in [0.717, 1.165) is 18.4 Å². The van der Waals surface area contributed by atoms with Crippen LogP contribution in [-0.4, -0.2) is 17.8 Å². The van der Waals surface area contributed by atoms with Crippen LogP contribution >= 0.6 is 11.8 Å². The van der Waals surface area contributed by atoms with E-state index in [1.165, 1.54) is 5.75 Å². The largest absolute Gasteiger partial charge is 0.368 e. The van der Waals surface area contributed by atoms with Crippen LogP contribution in [0.25, 0.3) is 0 Å². The maximum Gasteiger partial charge on any atom is 0.0999 e. The third kappa shape index (κ3) is 2.17. The predicted molar refractivity (Wildman–Crippen MR) is 46.2 cm³/mol. The minimum Gasteiger partial charge on any atom is -0.368 e. The van der Waals surface area contributed by atoms with Gasteiger partial charge in [0.2, 0.25) is 0 Å². The lowest BCUT2D eigenvalue weighted by atomic mass is 9.99. The van der Waals surface area contributed by atoms with Crippen LogP contribution in [0.1, 0.15) is 20.8 Å². The first-order valence-electron chi connectivity index (χ1n) is 3.93. The number of rotatable bonds is 1. The van der Waals surface area contributed by atoms with E-state index in [2.05, 4.69) is 20.8 Å². The van der Waals surface area contributed by atoms with Crippen molar-refractivity contribution in [2.75, 3.05) is 12.4 Å². The normalized spacial score (nSPS) is 34.8. The van der Waals surface area contributed by atoms with Crippen LogP contribution in [-0.2, 0) is 4.74 Å². The van der Waals surface area contributed by atoms with E-state index in [0.29, 0.717) is 5.44 Å². The average molecular weight is 160 g/mol. The quantitative estimate of drug-likeness (QED) is 0.582. The van der Waals surface area contributed by atoms with Gasteiger partial charge in [-0.15, -0.1) is 11.8 Å². The van der Waals surface area contributed by atoms with Crippen LogP contribution in [0, 0.1) is 11.8 Å². The molecule has 1 heterocycles. The van der Waals surface area contributed by atoms with Crippen molar-refractivity contribution < 1.29 is 4.74 Å². The zero-order chi connectivity index (χ0) is 7.56. The smallest absolute Gasteiger partial charge is 0.0999 e. The molecule has 0 spiro atoms. The SMILES string of the molecule is CC(C)[C@@H]1CO[C@@H](C)SC1. The molecule has 0 aromatic rings. The Hall–Kier alpha value is 0.310. The molecule has 2 atom stereocenters. The highest BCUT2D eigenvalue weighted by molar-refractivity contribution is 7.99. The van der Waals surface area contributed by atoms with Gasteiger partial charge in [0.25, 0.3) is 0 Å². The summed E-state index contributed by atoms with van der Waals surface area (Å²) in [6.07, 6.45) is 0. The van der Waals surface area contributed by atoms with Gasteiger partial charge in [-0.1, -0.05) is 13.8 Å². The van der Waals surface area contributed by atoms with E-state index in [-0.39, 0.29) is 0 Å². The molecule has 1 aliphatic heterocycles. The lowest BCUT2D eigenvalue weighted by Crippen LogP contribution is -2.26. The van der Waals surface area contributed by atoms with Gasteiger partial charge in [-0.05, 0) is 18.8 Å². The molecule has 1 nitrogen and oxygen atoms in total. The number of ether oxygens (including phenoxy) is 1. The highest BCUT2D eigenvalue weighted by Gasteiger charge is 2.21. The highest BCUT2D eigenvalue weighted by Crippen LogP contribution is 2.27. The second-order valence-electron chi connectivity index (χ2n) is 3.24. The first-order chi connectivity index (χ1) is 4.70. The lowest BCUT2D eigenvalue weighted by Gasteiger charge is -2.28. The first kappa shape index (κ1) is 8.41. The molecule has 0 aromatic carbocycles. The van der Waals surface area contributed by atoms with Crippen molar-refractivity contribution in [3.8, 4) is 0 Å². The average Bonchev–Trinajstić information content (AvgIpc) is 1.88. The summed E-state index contributed by atoms with van der Waals surface area (Å²) >= 11 is 1.93. The topological polar surface area (TPSA) is 9.23 Å². The summed E-state index contributed by atoms with van der Waals surface area (Å²) < 4.78 is 5.51. The zero-order valence-electron chi connectivity index (χ0n) is 6.96. The fourth-order valence-electron chi connectivity index (χ4n) is 0.999. The fraction of sp³-hybridized carbons (Fsp3) is 1.00. The zero-order valence-corrected chi connectivity index (χ0v) is 7.78. The van der Waals surface area contributed by atoms with Crippen LogP contribution in [0.3, 0.4) is 0 Å². The number of thioether (sulfide) groups is 1. The summed E-state index contributed by atoms with van der Waals surface area (Å²) in [4.78, 5) is 0. The maximum absolute atomic E-state index is 5.51. The predicted octanol–water partition coefficient (Wildman–Crippen LogP) is 2.37. The standard InChI is InChI=1S/C8H16OS/c1-6(2)8-4-9-7(3)10-5-8/h6-8H,4-5H2,1-3H3/t7-,8-/m1/s1. The molecule has 0 unspecified atom stereocenters. The summed E-state index contributed by atoms with van der Waals surface area (Å²) in [6, 6.07) is 0. The number of hydrogen-bond acceptors (Lipinski definition) is 2. The van der Waals surface area contributed by atoms with Crippen LogP contribution < -0.4 is 0 Å². The van der Waals surface area contributed by atoms with Crippen LogP contribution in [0.5, 0.6) is 0 Å². The van der Waals surface area contributed by atoms with Crippen LogP contribution in [0.2, 0.25) is 0 Å². The molecule has 0 aromatic heterocycles. The van der Waals surface area contributed by atoms with Gasteiger partial charge < -0.3 is 4.74 Å². The molecule has 0 amide bonds. The molecule has 1 fully saturated rings. The Morgan fingerprint density at radius 3 is 2.60 bits per heavy atom. The molecule has 0 N–H and O–H groups in total. The summed E-state index contributed by atoms with van der Waals surface area (Å²) in [6.45, 7) is 7.63. The third-order valence-corrected chi connectivity index (χ3v) is 3.26. The highest BCUT2D eigenvalue weighted by atomic mass is 32.2. The maximum atomic E-state index is 5.51. The van der Waals surface area contributed by atoms with Gasteiger partial charge >= 0.3 is 0 Å². The summed E-state index contributed by atoms with van der Waals surface area (Å²) in [5, 5.41) is 0. The van der Waals surface area contributed by atoms with E-state index in [4.69, 9.17) is 4.74 Å². The minimum absolute atomic E-state index is 0.426. The summed E-state index contributed by atoms with van der Waals surface area (Å²) in [7, 11) is 0. The number of hydrogen-bond donors (Lipinski definition) is 0. The molecule has 0 aliphatic carbocycles. The summed E-state index contributed by atoms with van der Waals surface area (Å²) in [5.41, 5.74) is 0.426. The molecule has 1 saturated heterocycles. The van der Waals surface area contributed by atoms with E-state index in [9.17, 15) is 0 Å². The molecular formula is C8H16OS. The Morgan fingerprint density at radius 2 is 2.20 bits per heavy atom. The Balaban J connectivity index is 2.26. The molecule has 1 rings (SSSR count). The Labute approximate surface area is 67.5 Å². The van der Waals surface area contributed by atoms with E-state index < -0.39 is 0 Å². The van der Waals surface area contributed by atoms with Crippen molar-refractivity contribution >= 4 is 11.8 Å². The molecule has 10 heavy (non-hydrogen) atoms. The third-order valence-electron chi connectivity index (χ3n) is 2.03. The van der Waals surface area contributed by atoms with Crippen LogP contribution in [0.15, 0.2) is 0 Å². The van der Waals surface area contributed by atoms with Gasteiger partial charge in [-0.3, -0.25) is 0 Å². The molecule has 0 radical (unpaired) electrons. The van der Waals surface area contributed by atoms with Gasteiger partial charge in [-0.25, -0.2) is 0 Å². The van der Waals surface area contributed by atoms with Gasteiger partial charge in [0.1, 0.15) is 0 Å². The van der Waals surface area contributed by atoms with Crippen molar-refractivity contribution in [3.63, 3.8) is 0 Å². The lowest BCUT2D eigenvalue weighted by molar-refractivity contribution is 0.0718. The Kier molecular flexibility index (Phi) is 3.05. The minimum atomic E-state index is 0.426. The fourth-order valence-corrected chi connectivity index (χ4v) is 2.17. The molecule has 0 bridgehead atoms. The molecule has 0 saturated carbocycles. The van der Waals surface area contributed by atoms with E-state index in [1.807, 2.05) is 11.8 Å². The van der Waals surface area contributed by atoms with E-state index >= 15 is 0 Å². The second-order valence-corrected chi connectivity index (χ2v) is 4.57. The van der Waals surface area contributed by atoms with Gasteiger partial charge in [0.15, 0.2) is 0 Å². The van der Waals surface area contributed by atoms with Crippen molar-refractivity contribution in [1.82, 2.24) is 0 Å². The van der Waals surface area contributed by atoms with Gasteiger partial charge in [0, 0.05) is 5.75 Å². The van der Waals surface area contributed by atoms with Crippen molar-refractivity contribution in [2.45, 2.75) is 26.2 Å². The Morgan fingerprint density at radius 1 is 1.50 bits per heavy atom. The molecular weight excluding hydrogens is 144 g/mol. The van der Waals surface area contributed by atoms with Gasteiger partial charge in [-0.2, -0.15) is 0 Å². The summed E-state index contributed by atoms with van der Waals surface area (Å²) in [5.74, 6) is 2.83. The molecule has 1 aliphatic rings. The molecule has 2 heteroatoms. The first-order valence-corrected chi connectivity index (χ1v) is 4.98. The second kappa shape index (κ2) is 3.63. The van der Waals surface area contributed by atoms with Crippen molar-refractivity contribution in [1.29, 1.82) is 0 Å². The molecule has 60 valence electrons. The van der Waals surface area contributed by atoms with Crippen LogP contribution in [0.4, 0.5) is 0 Å². The monoisotopic (exact) mass is 160 g/mol. The van der Waals surface area contributed by atoms with Crippen molar-refractivity contribution in [3.05, 3.63) is 0 Å². The van der Waals surface area contributed by atoms with Gasteiger partial charge in [0.05, 0.1) is 12.0 Å².